The van der Waals surface area contributed by atoms with Crippen LogP contribution >= 0.6 is 46.3 Å². The van der Waals surface area contributed by atoms with Gasteiger partial charge < -0.3 is 9.73 Å². The van der Waals surface area contributed by atoms with E-state index in [2.05, 4.69) is 10.3 Å². The van der Waals surface area contributed by atoms with Crippen LogP contribution in [0.3, 0.4) is 0 Å². The standard InChI is InChI=1S/C20H12Cl2N2O3S2/c21-13-5-3-6-14(18(13)22)23-17(25)10-29-20-24-15(9-28-20)12-8-11-4-1-2-7-16(11)27-19(12)26/h1-9H,10H2,(H,23,25). The van der Waals surface area contributed by atoms with Crippen LogP contribution in [0.5, 0.6) is 0 Å². The minimum atomic E-state index is -0.445. The molecule has 4 rings (SSSR count). The van der Waals surface area contributed by atoms with Gasteiger partial charge in [-0.1, -0.05) is 59.2 Å². The molecule has 0 bridgehead atoms. The van der Waals surface area contributed by atoms with E-state index in [0.29, 0.717) is 36.9 Å². The first-order valence-electron chi connectivity index (χ1n) is 8.37. The number of carbonyl (C=O) groups excluding carboxylic acids is 1. The van der Waals surface area contributed by atoms with E-state index in [4.69, 9.17) is 27.6 Å². The predicted octanol–water partition coefficient (Wildman–Crippen LogP) is 5.95. The number of para-hydroxylation sites is 1. The Morgan fingerprint density at radius 2 is 2.00 bits per heavy atom. The number of carbonyl (C=O) groups is 1. The molecule has 0 spiro atoms. The molecule has 0 aliphatic carbocycles. The maximum Gasteiger partial charge on any atom is 0.345 e. The number of rotatable bonds is 5. The van der Waals surface area contributed by atoms with Crippen molar-refractivity contribution in [1.29, 1.82) is 0 Å². The normalized spacial score (nSPS) is 11.0. The zero-order valence-corrected chi connectivity index (χ0v) is 17.8. The predicted molar refractivity (Wildman–Crippen MR) is 119 cm³/mol. The molecule has 146 valence electrons. The highest BCUT2D eigenvalue weighted by molar-refractivity contribution is 8.01. The third-order valence-electron chi connectivity index (χ3n) is 3.95. The first-order chi connectivity index (χ1) is 14.0. The van der Waals surface area contributed by atoms with E-state index in [-0.39, 0.29) is 11.7 Å². The SMILES string of the molecule is O=C(CSc1nc(-c2cc3ccccc3oc2=O)cs1)Nc1cccc(Cl)c1Cl. The van der Waals surface area contributed by atoms with Gasteiger partial charge in [-0.3, -0.25) is 4.79 Å². The van der Waals surface area contributed by atoms with Crippen LogP contribution < -0.4 is 10.9 Å². The second kappa shape index (κ2) is 8.59. The Labute approximate surface area is 183 Å². The molecule has 1 amide bonds. The van der Waals surface area contributed by atoms with Gasteiger partial charge in [0.1, 0.15) is 5.58 Å². The Balaban J connectivity index is 1.46. The molecule has 9 heteroatoms. The van der Waals surface area contributed by atoms with E-state index in [1.807, 2.05) is 18.2 Å². The number of halogens is 2. The molecule has 2 aromatic heterocycles. The minimum absolute atomic E-state index is 0.141. The number of benzene rings is 2. The highest BCUT2D eigenvalue weighted by atomic mass is 35.5. The number of hydrogen-bond acceptors (Lipinski definition) is 6. The highest BCUT2D eigenvalue weighted by Crippen LogP contribution is 2.31. The second-order valence-corrected chi connectivity index (χ2v) is 8.79. The summed E-state index contributed by atoms with van der Waals surface area (Å²) in [5.74, 6) is -0.0941. The fourth-order valence-corrected chi connectivity index (χ4v) is 4.58. The average molecular weight is 463 g/mol. The summed E-state index contributed by atoms with van der Waals surface area (Å²) in [4.78, 5) is 28.9. The van der Waals surface area contributed by atoms with Crippen molar-refractivity contribution in [3.05, 3.63) is 74.4 Å². The molecular weight excluding hydrogens is 451 g/mol. The van der Waals surface area contributed by atoms with Crippen molar-refractivity contribution in [2.24, 2.45) is 0 Å². The van der Waals surface area contributed by atoms with E-state index < -0.39 is 5.63 Å². The van der Waals surface area contributed by atoms with Crippen LogP contribution in [-0.2, 0) is 4.79 Å². The first kappa shape index (κ1) is 20.0. The fourth-order valence-electron chi connectivity index (χ4n) is 2.60. The van der Waals surface area contributed by atoms with Crippen molar-refractivity contribution in [3.8, 4) is 11.3 Å². The van der Waals surface area contributed by atoms with Gasteiger partial charge in [-0.25, -0.2) is 9.78 Å². The minimum Gasteiger partial charge on any atom is -0.422 e. The van der Waals surface area contributed by atoms with Crippen LogP contribution in [0.2, 0.25) is 10.0 Å². The molecule has 0 saturated carbocycles. The van der Waals surface area contributed by atoms with Crippen LogP contribution in [0, 0.1) is 0 Å². The van der Waals surface area contributed by atoms with Crippen LogP contribution in [0.1, 0.15) is 0 Å². The molecule has 1 N–H and O–H groups in total. The van der Waals surface area contributed by atoms with Crippen molar-refractivity contribution in [3.63, 3.8) is 0 Å². The van der Waals surface area contributed by atoms with Crippen molar-refractivity contribution in [2.75, 3.05) is 11.1 Å². The lowest BCUT2D eigenvalue weighted by Crippen LogP contribution is -2.14. The van der Waals surface area contributed by atoms with E-state index in [1.165, 1.54) is 23.1 Å². The molecular formula is C20H12Cl2N2O3S2. The summed E-state index contributed by atoms with van der Waals surface area (Å²) in [7, 11) is 0. The van der Waals surface area contributed by atoms with Gasteiger partial charge in [0.25, 0.3) is 0 Å². The zero-order valence-electron chi connectivity index (χ0n) is 14.6. The molecule has 2 heterocycles. The van der Waals surface area contributed by atoms with Gasteiger partial charge in [-0.05, 0) is 24.3 Å². The number of amides is 1. The molecule has 0 radical (unpaired) electrons. The van der Waals surface area contributed by atoms with Gasteiger partial charge in [0, 0.05) is 10.8 Å². The molecule has 0 fully saturated rings. The van der Waals surface area contributed by atoms with Gasteiger partial charge in [0.2, 0.25) is 5.91 Å². The summed E-state index contributed by atoms with van der Waals surface area (Å²) in [6.45, 7) is 0. The van der Waals surface area contributed by atoms with E-state index in [9.17, 15) is 9.59 Å². The van der Waals surface area contributed by atoms with Crippen LogP contribution in [0.25, 0.3) is 22.2 Å². The summed E-state index contributed by atoms with van der Waals surface area (Å²) in [6, 6.07) is 14.1. The fraction of sp³-hybridized carbons (Fsp3) is 0.0500. The number of thiazole rings is 1. The maximum atomic E-state index is 12.3. The van der Waals surface area contributed by atoms with E-state index >= 15 is 0 Å². The third kappa shape index (κ3) is 4.48. The van der Waals surface area contributed by atoms with E-state index in [0.717, 1.165) is 5.39 Å². The van der Waals surface area contributed by atoms with Crippen molar-refractivity contribution in [2.45, 2.75) is 4.34 Å². The van der Waals surface area contributed by atoms with Crippen LogP contribution in [0.15, 0.2) is 67.5 Å². The quantitative estimate of drug-likeness (QED) is 0.292. The highest BCUT2D eigenvalue weighted by Gasteiger charge is 2.14. The van der Waals surface area contributed by atoms with Crippen LogP contribution in [0.4, 0.5) is 5.69 Å². The topological polar surface area (TPSA) is 72.2 Å². The van der Waals surface area contributed by atoms with E-state index in [1.54, 1.807) is 35.7 Å². The number of thioether (sulfide) groups is 1. The summed E-state index contributed by atoms with van der Waals surface area (Å²) >= 11 is 14.7. The molecule has 5 nitrogen and oxygen atoms in total. The number of nitrogens with one attached hydrogen (secondary N) is 1. The van der Waals surface area contributed by atoms with Crippen molar-refractivity contribution in [1.82, 2.24) is 4.98 Å². The first-order valence-corrected chi connectivity index (χ1v) is 11.0. The largest absolute Gasteiger partial charge is 0.422 e. The second-order valence-electron chi connectivity index (χ2n) is 5.92. The Morgan fingerprint density at radius 3 is 2.86 bits per heavy atom. The number of hydrogen-bond donors (Lipinski definition) is 1. The molecule has 0 aliphatic rings. The average Bonchev–Trinajstić information content (AvgIpc) is 3.18. The molecule has 0 unspecified atom stereocenters. The lowest BCUT2D eigenvalue weighted by molar-refractivity contribution is -0.113. The third-order valence-corrected chi connectivity index (χ3v) is 6.79. The molecule has 29 heavy (non-hydrogen) atoms. The van der Waals surface area contributed by atoms with Crippen LogP contribution in [-0.4, -0.2) is 16.6 Å². The molecule has 2 aromatic carbocycles. The Kier molecular flexibility index (Phi) is 5.91. The van der Waals surface area contributed by atoms with Crippen molar-refractivity contribution < 1.29 is 9.21 Å². The maximum absolute atomic E-state index is 12.3. The summed E-state index contributed by atoms with van der Waals surface area (Å²) in [6.07, 6.45) is 0. The Hall–Kier alpha value is -2.32. The summed E-state index contributed by atoms with van der Waals surface area (Å²) in [5, 5.41) is 5.99. The number of anilines is 1. The lowest BCUT2D eigenvalue weighted by Gasteiger charge is -2.07. The molecule has 0 saturated heterocycles. The monoisotopic (exact) mass is 462 g/mol. The Morgan fingerprint density at radius 1 is 1.17 bits per heavy atom. The number of fused-ring (bicyclic) bond motifs is 1. The number of aromatic nitrogens is 1. The van der Waals surface area contributed by atoms with Gasteiger partial charge in [-0.15, -0.1) is 11.3 Å². The molecule has 0 atom stereocenters. The van der Waals surface area contributed by atoms with Gasteiger partial charge >= 0.3 is 5.63 Å². The zero-order chi connectivity index (χ0) is 20.4. The number of nitrogens with zero attached hydrogens (tertiary/aromatic N) is 1. The smallest absolute Gasteiger partial charge is 0.345 e. The summed E-state index contributed by atoms with van der Waals surface area (Å²) < 4.78 is 6.02. The summed E-state index contributed by atoms with van der Waals surface area (Å²) in [5.41, 5.74) is 1.46. The lowest BCUT2D eigenvalue weighted by atomic mass is 10.1. The van der Waals surface area contributed by atoms with Gasteiger partial charge in [-0.2, -0.15) is 0 Å². The van der Waals surface area contributed by atoms with Crippen molar-refractivity contribution >= 4 is 68.9 Å². The molecule has 0 aliphatic heterocycles. The Bertz CT molecular complexity index is 1270. The molecule has 4 aromatic rings. The van der Waals surface area contributed by atoms with Gasteiger partial charge in [0.05, 0.1) is 32.7 Å². The van der Waals surface area contributed by atoms with Gasteiger partial charge in [0.15, 0.2) is 4.34 Å².